The quantitative estimate of drug-likeness (QED) is 0.257. The summed E-state index contributed by atoms with van der Waals surface area (Å²) in [5.74, 6) is 5.49. The lowest BCUT2D eigenvalue weighted by atomic mass is 10.5. The number of nitrogens with one attached hydrogen (secondary N) is 1. The number of hydrogen-bond donors (Lipinski definition) is 2. The highest BCUT2D eigenvalue weighted by Crippen LogP contribution is 2.10. The number of hydrogen-bond acceptors (Lipinski definition) is 3. The second-order valence-corrected chi connectivity index (χ2v) is 2.93. The second kappa shape index (κ2) is 5.35. The third-order valence-corrected chi connectivity index (χ3v) is 1.75. The molecule has 0 aromatic heterocycles. The summed E-state index contributed by atoms with van der Waals surface area (Å²) in [6, 6.07) is 0. The van der Waals surface area contributed by atoms with Crippen molar-refractivity contribution in [2.45, 2.75) is 6.42 Å². The fraction of sp³-hybridized carbons (Fsp3) is 0.667. The summed E-state index contributed by atoms with van der Waals surface area (Å²) in [5, 5.41) is 0. The second-order valence-electron chi connectivity index (χ2n) is 1.19. The van der Waals surface area contributed by atoms with Crippen molar-refractivity contribution < 1.29 is 4.79 Å². The molecule has 0 aromatic carbocycles. The van der Waals surface area contributed by atoms with Gasteiger partial charge in [-0.1, -0.05) is 8.44 Å². The summed E-state index contributed by atoms with van der Waals surface area (Å²) in [6.07, 6.45) is 0.491. The molecule has 8 heavy (non-hydrogen) atoms. The van der Waals surface area contributed by atoms with E-state index in [-0.39, 0.29) is 5.91 Å². The molecular formula is C3H9N2OPS. The number of amides is 1. The molecule has 0 aliphatic carbocycles. The Bertz CT molecular complexity index is 79.7. The molecule has 0 saturated heterocycles. The number of carbonyl (C=O) groups excluding carboxylic acids is 1. The van der Waals surface area contributed by atoms with Crippen LogP contribution in [0.5, 0.6) is 0 Å². The molecule has 0 fully saturated rings. The van der Waals surface area contributed by atoms with Gasteiger partial charge in [0.25, 0.3) is 0 Å². The minimum absolute atomic E-state index is 0.111. The van der Waals surface area contributed by atoms with Gasteiger partial charge in [-0.2, -0.15) is 0 Å². The Morgan fingerprint density at radius 3 is 2.88 bits per heavy atom. The van der Waals surface area contributed by atoms with Crippen molar-refractivity contribution in [1.29, 1.82) is 0 Å². The van der Waals surface area contributed by atoms with Crippen LogP contribution >= 0.6 is 19.8 Å². The van der Waals surface area contributed by atoms with E-state index in [1.54, 1.807) is 11.4 Å². The Kier molecular flexibility index (Phi) is 5.49. The molecule has 5 heteroatoms. The Hall–Kier alpha value is 0.210. The van der Waals surface area contributed by atoms with Gasteiger partial charge in [-0.25, -0.2) is 5.84 Å². The minimum atomic E-state index is -0.111. The van der Waals surface area contributed by atoms with Gasteiger partial charge >= 0.3 is 0 Å². The lowest BCUT2D eigenvalue weighted by molar-refractivity contribution is -0.120. The predicted molar refractivity (Wildman–Crippen MR) is 39.1 cm³/mol. The molecule has 1 amide bonds. The average molecular weight is 152 g/mol. The summed E-state index contributed by atoms with van der Waals surface area (Å²) in [5.41, 5.74) is 2.04. The lowest BCUT2D eigenvalue weighted by Gasteiger charge is -1.93. The van der Waals surface area contributed by atoms with Gasteiger partial charge in [0.1, 0.15) is 0 Å². The molecule has 0 bridgehead atoms. The van der Waals surface area contributed by atoms with Crippen LogP contribution in [0.1, 0.15) is 6.42 Å². The molecule has 48 valence electrons. The van der Waals surface area contributed by atoms with Crippen LogP contribution in [0.25, 0.3) is 0 Å². The first kappa shape index (κ1) is 8.21. The summed E-state index contributed by atoms with van der Waals surface area (Å²) in [6.45, 7) is 0. The zero-order chi connectivity index (χ0) is 6.41. The standard InChI is InChI=1S/C3H9N2OPS/c4-5-3(6)1-2-8-7/h1-2,4,7H2,(H,5,6). The van der Waals surface area contributed by atoms with Crippen molar-refractivity contribution >= 4 is 25.7 Å². The summed E-state index contributed by atoms with van der Waals surface area (Å²) in [7, 11) is 2.46. The Balaban J connectivity index is 2.99. The van der Waals surface area contributed by atoms with Crippen LogP contribution < -0.4 is 11.3 Å². The minimum Gasteiger partial charge on any atom is -0.294 e. The fourth-order valence-corrected chi connectivity index (χ4v) is 0.881. The average Bonchev–Trinajstić information content (AvgIpc) is 1.83. The molecule has 3 N–H and O–H groups in total. The van der Waals surface area contributed by atoms with Crippen LogP contribution in [0.4, 0.5) is 0 Å². The molecule has 0 radical (unpaired) electrons. The van der Waals surface area contributed by atoms with Gasteiger partial charge in [-0.3, -0.25) is 10.2 Å². The maximum atomic E-state index is 10.3. The third-order valence-electron chi connectivity index (χ3n) is 0.608. The van der Waals surface area contributed by atoms with E-state index in [1.807, 2.05) is 5.43 Å². The molecule has 3 nitrogen and oxygen atoms in total. The zero-order valence-electron chi connectivity index (χ0n) is 4.39. The van der Waals surface area contributed by atoms with Gasteiger partial charge in [-0.05, 0) is 0 Å². The third kappa shape index (κ3) is 4.37. The normalized spacial score (nSPS) is 8.75. The van der Waals surface area contributed by atoms with E-state index in [0.717, 1.165) is 5.75 Å². The SMILES string of the molecule is NNC(=O)CCSP. The van der Waals surface area contributed by atoms with E-state index in [9.17, 15) is 4.79 Å². The largest absolute Gasteiger partial charge is 0.294 e. The molecular weight excluding hydrogens is 143 g/mol. The highest BCUT2D eigenvalue weighted by Gasteiger charge is 1.93. The predicted octanol–water partition coefficient (Wildman–Crippen LogP) is -0.110. The van der Waals surface area contributed by atoms with Crippen molar-refractivity contribution in [3.63, 3.8) is 0 Å². The molecule has 0 saturated carbocycles. The van der Waals surface area contributed by atoms with E-state index in [4.69, 9.17) is 5.84 Å². The van der Waals surface area contributed by atoms with E-state index in [1.165, 1.54) is 0 Å². The lowest BCUT2D eigenvalue weighted by Crippen LogP contribution is -2.30. The van der Waals surface area contributed by atoms with Crippen molar-refractivity contribution in [3.8, 4) is 0 Å². The molecule has 0 rings (SSSR count). The van der Waals surface area contributed by atoms with Gasteiger partial charge in [0.15, 0.2) is 0 Å². The van der Waals surface area contributed by atoms with Gasteiger partial charge in [0.05, 0.1) is 0 Å². The molecule has 0 aromatic rings. The number of hydrazine groups is 1. The van der Waals surface area contributed by atoms with Crippen LogP contribution in [0, 0.1) is 0 Å². The van der Waals surface area contributed by atoms with E-state index in [2.05, 4.69) is 8.44 Å². The van der Waals surface area contributed by atoms with Gasteiger partial charge < -0.3 is 0 Å². The highest BCUT2D eigenvalue weighted by atomic mass is 32.7. The first-order chi connectivity index (χ1) is 3.81. The van der Waals surface area contributed by atoms with Gasteiger partial charge in [0, 0.05) is 12.2 Å². The van der Waals surface area contributed by atoms with Crippen LogP contribution in [-0.2, 0) is 4.79 Å². The highest BCUT2D eigenvalue weighted by molar-refractivity contribution is 8.43. The van der Waals surface area contributed by atoms with Gasteiger partial charge in [-0.15, -0.1) is 11.4 Å². The fourth-order valence-electron chi connectivity index (χ4n) is 0.224. The summed E-state index contributed by atoms with van der Waals surface area (Å²) >= 11 is 1.55. The molecule has 0 aliphatic rings. The first-order valence-corrected chi connectivity index (χ1v) is 4.58. The monoisotopic (exact) mass is 152 g/mol. The first-order valence-electron chi connectivity index (χ1n) is 2.12. The molecule has 0 aliphatic heterocycles. The van der Waals surface area contributed by atoms with Crippen molar-refractivity contribution in [2.75, 3.05) is 5.75 Å². The Morgan fingerprint density at radius 1 is 1.88 bits per heavy atom. The molecule has 0 heterocycles. The smallest absolute Gasteiger partial charge is 0.234 e. The maximum Gasteiger partial charge on any atom is 0.234 e. The summed E-state index contributed by atoms with van der Waals surface area (Å²) < 4.78 is 0. The zero-order valence-corrected chi connectivity index (χ0v) is 6.36. The molecule has 1 unspecified atom stereocenters. The van der Waals surface area contributed by atoms with Crippen molar-refractivity contribution in [3.05, 3.63) is 0 Å². The van der Waals surface area contributed by atoms with Gasteiger partial charge in [0.2, 0.25) is 5.91 Å². The number of nitrogens with two attached hydrogens (primary N) is 1. The molecule has 0 spiro atoms. The van der Waals surface area contributed by atoms with Crippen LogP contribution in [0.2, 0.25) is 0 Å². The summed E-state index contributed by atoms with van der Waals surface area (Å²) in [4.78, 5) is 10.3. The number of carbonyl (C=O) groups is 1. The van der Waals surface area contributed by atoms with Crippen LogP contribution in [0.15, 0.2) is 0 Å². The Labute approximate surface area is 54.7 Å². The Morgan fingerprint density at radius 2 is 2.50 bits per heavy atom. The van der Waals surface area contributed by atoms with Crippen LogP contribution in [-0.4, -0.2) is 11.7 Å². The van der Waals surface area contributed by atoms with E-state index >= 15 is 0 Å². The maximum absolute atomic E-state index is 10.3. The van der Waals surface area contributed by atoms with Crippen molar-refractivity contribution in [2.24, 2.45) is 5.84 Å². The van der Waals surface area contributed by atoms with E-state index in [0.29, 0.717) is 6.42 Å². The number of rotatable bonds is 3. The topological polar surface area (TPSA) is 55.1 Å². The van der Waals surface area contributed by atoms with Crippen LogP contribution in [0.3, 0.4) is 0 Å². The van der Waals surface area contributed by atoms with Crippen molar-refractivity contribution in [1.82, 2.24) is 5.43 Å². The molecule has 1 atom stereocenters. The van der Waals surface area contributed by atoms with E-state index < -0.39 is 0 Å².